The van der Waals surface area contributed by atoms with Crippen LogP contribution in [0.4, 0.5) is 5.69 Å². The van der Waals surface area contributed by atoms with E-state index < -0.39 is 0 Å². The molecule has 0 spiro atoms. The van der Waals surface area contributed by atoms with Crippen LogP contribution in [0.25, 0.3) is 28.0 Å². The zero-order valence-corrected chi connectivity index (χ0v) is 11.9. The van der Waals surface area contributed by atoms with Gasteiger partial charge in [0, 0.05) is 11.1 Å². The van der Waals surface area contributed by atoms with Crippen molar-refractivity contribution in [3.63, 3.8) is 0 Å². The fourth-order valence-corrected chi connectivity index (χ4v) is 3.55. The first-order valence-electron chi connectivity index (χ1n) is 7.45. The molecule has 3 aromatic carbocycles. The molecule has 5 rings (SSSR count). The van der Waals surface area contributed by atoms with E-state index in [1.54, 1.807) is 0 Å². The number of allylic oxidation sites excluding steroid dienone is 2. The Kier molecular flexibility index (Phi) is 2.18. The van der Waals surface area contributed by atoms with Gasteiger partial charge in [0.1, 0.15) is 5.76 Å². The molecule has 0 aromatic heterocycles. The van der Waals surface area contributed by atoms with E-state index in [0.717, 1.165) is 22.7 Å². The number of benzene rings is 3. The summed E-state index contributed by atoms with van der Waals surface area (Å²) in [6.07, 6.45) is 4.45. The van der Waals surface area contributed by atoms with Gasteiger partial charge in [0.15, 0.2) is 0 Å². The summed E-state index contributed by atoms with van der Waals surface area (Å²) in [7, 11) is 0. The largest absolute Gasteiger partial charge is 0.508 e. The molecule has 0 fully saturated rings. The van der Waals surface area contributed by atoms with Crippen LogP contribution in [0.2, 0.25) is 0 Å². The Balaban J connectivity index is 1.95. The van der Waals surface area contributed by atoms with Gasteiger partial charge >= 0.3 is 0 Å². The number of nitrogens with zero attached hydrogens (tertiary/aromatic N) is 1. The molecule has 0 saturated heterocycles. The van der Waals surface area contributed by atoms with Crippen molar-refractivity contribution in [1.29, 1.82) is 0 Å². The summed E-state index contributed by atoms with van der Waals surface area (Å²) >= 11 is 0. The second-order valence-corrected chi connectivity index (χ2v) is 5.80. The minimum absolute atomic E-state index is 0.348. The van der Waals surface area contributed by atoms with Crippen molar-refractivity contribution in [2.24, 2.45) is 4.99 Å². The molecule has 0 atom stereocenters. The van der Waals surface area contributed by atoms with Gasteiger partial charge in [0.2, 0.25) is 0 Å². The van der Waals surface area contributed by atoms with Crippen molar-refractivity contribution in [2.75, 3.05) is 0 Å². The molecule has 104 valence electrons. The van der Waals surface area contributed by atoms with Crippen LogP contribution in [0.15, 0.2) is 65.4 Å². The SMILES string of the molecule is OC1=CCc2c3c(ccc2=C1)=Nc1ccc2ccccc2c1-3. The predicted octanol–water partition coefficient (Wildman–Crippen LogP) is 3.55. The van der Waals surface area contributed by atoms with Gasteiger partial charge in [-0.3, -0.25) is 0 Å². The second kappa shape index (κ2) is 4.08. The molecule has 2 heteroatoms. The summed E-state index contributed by atoms with van der Waals surface area (Å²) in [4.78, 5) is 4.80. The lowest BCUT2D eigenvalue weighted by Crippen LogP contribution is -2.19. The summed E-state index contributed by atoms with van der Waals surface area (Å²) < 4.78 is 0. The lowest BCUT2D eigenvalue weighted by atomic mass is 9.90. The standard InChI is InChI=1S/C20H13NO/c22-14-7-8-16-13(11-14)6-10-18-20(16)19-15-4-2-1-3-12(15)5-9-17(19)21-18/h1-7,9-11,22H,8H2. The number of aliphatic hydroxyl groups excluding tert-OH is 1. The molecular formula is C20H13NO. The van der Waals surface area contributed by atoms with Crippen LogP contribution in [0, 0.1) is 0 Å². The minimum atomic E-state index is 0.348. The predicted molar refractivity (Wildman–Crippen MR) is 88.7 cm³/mol. The zero-order valence-electron chi connectivity index (χ0n) is 11.9. The molecule has 0 bridgehead atoms. The van der Waals surface area contributed by atoms with E-state index in [0.29, 0.717) is 5.76 Å². The first-order valence-corrected chi connectivity index (χ1v) is 7.45. The Morgan fingerprint density at radius 3 is 2.77 bits per heavy atom. The summed E-state index contributed by atoms with van der Waals surface area (Å²) in [6.45, 7) is 0. The van der Waals surface area contributed by atoms with Gasteiger partial charge in [-0.25, -0.2) is 4.99 Å². The molecule has 0 saturated carbocycles. The van der Waals surface area contributed by atoms with E-state index in [4.69, 9.17) is 4.99 Å². The maximum atomic E-state index is 9.75. The van der Waals surface area contributed by atoms with E-state index in [2.05, 4.69) is 48.5 Å². The molecule has 1 aliphatic carbocycles. The van der Waals surface area contributed by atoms with E-state index in [1.165, 1.54) is 27.5 Å². The highest BCUT2D eigenvalue weighted by molar-refractivity contribution is 6.04. The Morgan fingerprint density at radius 1 is 0.909 bits per heavy atom. The summed E-state index contributed by atoms with van der Waals surface area (Å²) in [5, 5.41) is 14.4. The Hall–Kier alpha value is -2.87. The number of hydrogen-bond donors (Lipinski definition) is 1. The maximum Gasteiger partial charge on any atom is 0.112 e. The van der Waals surface area contributed by atoms with Crippen molar-refractivity contribution in [3.05, 3.63) is 76.5 Å². The molecular weight excluding hydrogens is 270 g/mol. The third kappa shape index (κ3) is 1.47. The van der Waals surface area contributed by atoms with Gasteiger partial charge < -0.3 is 5.11 Å². The minimum Gasteiger partial charge on any atom is -0.508 e. The summed E-state index contributed by atoms with van der Waals surface area (Å²) in [5.41, 5.74) is 4.76. The topological polar surface area (TPSA) is 32.6 Å². The lowest BCUT2D eigenvalue weighted by molar-refractivity contribution is 0.438. The number of hydrogen-bond acceptors (Lipinski definition) is 2. The van der Waals surface area contributed by atoms with Gasteiger partial charge in [-0.1, -0.05) is 36.4 Å². The highest BCUT2D eigenvalue weighted by atomic mass is 16.3. The van der Waals surface area contributed by atoms with Crippen molar-refractivity contribution in [2.45, 2.75) is 6.42 Å². The Bertz CT molecular complexity index is 1110. The fourth-order valence-electron chi connectivity index (χ4n) is 3.55. The number of fused-ring (bicyclic) bond motifs is 7. The summed E-state index contributed by atoms with van der Waals surface area (Å²) in [6, 6.07) is 16.8. The van der Waals surface area contributed by atoms with Crippen LogP contribution in [0.3, 0.4) is 0 Å². The molecule has 0 unspecified atom stereocenters. The van der Waals surface area contributed by atoms with Crippen molar-refractivity contribution in [1.82, 2.24) is 0 Å². The van der Waals surface area contributed by atoms with Crippen LogP contribution < -0.4 is 10.6 Å². The van der Waals surface area contributed by atoms with Crippen LogP contribution in [-0.2, 0) is 6.42 Å². The van der Waals surface area contributed by atoms with Crippen LogP contribution in [0.1, 0.15) is 5.56 Å². The number of rotatable bonds is 0. The fraction of sp³-hybridized carbons (Fsp3) is 0.0500. The average molecular weight is 283 g/mol. The van der Waals surface area contributed by atoms with E-state index in [1.807, 2.05) is 12.2 Å². The molecule has 1 N–H and O–H groups in total. The lowest BCUT2D eigenvalue weighted by Gasteiger charge is -2.12. The highest BCUT2D eigenvalue weighted by Gasteiger charge is 2.21. The van der Waals surface area contributed by atoms with Crippen molar-refractivity contribution >= 4 is 22.5 Å². The van der Waals surface area contributed by atoms with Crippen LogP contribution in [0.5, 0.6) is 0 Å². The Labute approximate surface area is 127 Å². The van der Waals surface area contributed by atoms with Crippen LogP contribution >= 0.6 is 0 Å². The smallest absolute Gasteiger partial charge is 0.112 e. The molecule has 0 radical (unpaired) electrons. The molecule has 22 heavy (non-hydrogen) atoms. The monoisotopic (exact) mass is 283 g/mol. The highest BCUT2D eigenvalue weighted by Crippen LogP contribution is 2.40. The molecule has 0 amide bonds. The summed E-state index contributed by atoms with van der Waals surface area (Å²) in [5.74, 6) is 0.348. The zero-order chi connectivity index (χ0) is 14.7. The third-order valence-corrected chi connectivity index (χ3v) is 4.54. The second-order valence-electron chi connectivity index (χ2n) is 5.80. The van der Waals surface area contributed by atoms with Gasteiger partial charge in [-0.15, -0.1) is 0 Å². The normalized spacial score (nSPS) is 14.5. The molecule has 1 heterocycles. The van der Waals surface area contributed by atoms with E-state index in [9.17, 15) is 5.11 Å². The van der Waals surface area contributed by atoms with Crippen molar-refractivity contribution in [3.8, 4) is 11.1 Å². The van der Waals surface area contributed by atoms with Gasteiger partial charge in [0.25, 0.3) is 0 Å². The quantitative estimate of drug-likeness (QED) is 0.526. The van der Waals surface area contributed by atoms with E-state index in [-0.39, 0.29) is 0 Å². The first kappa shape index (κ1) is 11.8. The molecule has 3 aromatic rings. The average Bonchev–Trinajstić information content (AvgIpc) is 2.94. The van der Waals surface area contributed by atoms with Gasteiger partial charge in [-0.2, -0.15) is 0 Å². The third-order valence-electron chi connectivity index (χ3n) is 4.54. The van der Waals surface area contributed by atoms with Crippen LogP contribution in [-0.4, -0.2) is 5.11 Å². The number of aliphatic hydroxyl groups is 1. The molecule has 2 aliphatic rings. The molecule has 1 aliphatic heterocycles. The Morgan fingerprint density at radius 2 is 1.82 bits per heavy atom. The van der Waals surface area contributed by atoms with Gasteiger partial charge in [0.05, 0.1) is 11.0 Å². The van der Waals surface area contributed by atoms with E-state index >= 15 is 0 Å². The van der Waals surface area contributed by atoms with Crippen molar-refractivity contribution < 1.29 is 5.11 Å². The maximum absolute atomic E-state index is 9.75. The van der Waals surface area contributed by atoms with Gasteiger partial charge in [-0.05, 0) is 52.3 Å². The first-order chi connectivity index (χ1) is 10.8. The molecule has 2 nitrogen and oxygen atoms in total.